The van der Waals surface area contributed by atoms with Gasteiger partial charge >= 0.3 is 5.97 Å². The zero-order valence-corrected chi connectivity index (χ0v) is 23.7. The Balaban J connectivity index is 0.00000337. The lowest BCUT2D eigenvalue weighted by atomic mass is 10.0. The quantitative estimate of drug-likeness (QED) is 0.288. The van der Waals surface area contributed by atoms with E-state index in [0.717, 1.165) is 36.0 Å². The first-order chi connectivity index (χ1) is 19.3. The number of nitrogens with zero attached hydrogens (tertiary/aromatic N) is 3. The van der Waals surface area contributed by atoms with Crippen LogP contribution in [0.3, 0.4) is 0 Å². The highest BCUT2D eigenvalue weighted by molar-refractivity contribution is 5.90. The minimum Gasteiger partial charge on any atom is -0.477 e. The molecular formula is C32H34ClFN4O3. The number of carboxylic acid groups (broad SMARTS) is 1. The van der Waals surface area contributed by atoms with Gasteiger partial charge in [-0.25, -0.2) is 9.18 Å². The van der Waals surface area contributed by atoms with Gasteiger partial charge in [0.25, 0.3) is 5.56 Å². The Bertz CT molecular complexity index is 1600. The van der Waals surface area contributed by atoms with Gasteiger partial charge in [-0.2, -0.15) is 0 Å². The van der Waals surface area contributed by atoms with Crippen LogP contribution in [0.15, 0.2) is 71.5 Å². The number of carboxylic acids is 1. The number of rotatable bonds is 8. The fourth-order valence-corrected chi connectivity index (χ4v) is 6.02. The summed E-state index contributed by atoms with van der Waals surface area (Å²) in [5.41, 5.74) is 9.56. The second kappa shape index (κ2) is 11.5. The van der Waals surface area contributed by atoms with Crippen molar-refractivity contribution in [3.05, 3.63) is 111 Å². The number of hydrogen-bond acceptors (Lipinski definition) is 5. The summed E-state index contributed by atoms with van der Waals surface area (Å²) in [5.74, 6) is -1.62. The lowest BCUT2D eigenvalue weighted by Crippen LogP contribution is -2.34. The SMILES string of the molecule is Cc1c(N2CCC(N)C2)c(F)c(N(Cc2ccccc2)Cc2ccccc2)n2c(=O)c(C(=O)O)cc(C3CC3)c12.Cl. The Morgan fingerprint density at radius 2 is 1.61 bits per heavy atom. The topological polar surface area (TPSA) is 91.3 Å². The molecule has 1 saturated heterocycles. The van der Waals surface area contributed by atoms with E-state index in [0.29, 0.717) is 42.9 Å². The van der Waals surface area contributed by atoms with Gasteiger partial charge in [0, 0.05) is 37.8 Å². The number of carbonyl (C=O) groups is 1. The van der Waals surface area contributed by atoms with E-state index in [9.17, 15) is 14.7 Å². The summed E-state index contributed by atoms with van der Waals surface area (Å²) in [7, 11) is 0. The molecule has 1 aliphatic carbocycles. The van der Waals surface area contributed by atoms with Crippen molar-refractivity contribution in [2.75, 3.05) is 22.9 Å². The molecule has 0 spiro atoms. The summed E-state index contributed by atoms with van der Waals surface area (Å²) in [4.78, 5) is 30.0. The molecule has 4 aromatic rings. The molecule has 9 heteroatoms. The molecule has 2 aliphatic rings. The highest BCUT2D eigenvalue weighted by Crippen LogP contribution is 2.46. The molecule has 3 heterocycles. The molecule has 1 aliphatic heterocycles. The molecule has 0 bridgehead atoms. The van der Waals surface area contributed by atoms with E-state index in [2.05, 4.69) is 0 Å². The van der Waals surface area contributed by atoms with Crippen LogP contribution < -0.4 is 21.1 Å². The van der Waals surface area contributed by atoms with Crippen molar-refractivity contribution in [3.63, 3.8) is 0 Å². The number of nitrogens with two attached hydrogens (primary N) is 1. The molecule has 2 fully saturated rings. The number of aromatic carboxylic acids is 1. The summed E-state index contributed by atoms with van der Waals surface area (Å²) < 4.78 is 18.5. The predicted molar refractivity (Wildman–Crippen MR) is 162 cm³/mol. The van der Waals surface area contributed by atoms with Crippen molar-refractivity contribution in [2.45, 2.75) is 51.2 Å². The lowest BCUT2D eigenvalue weighted by molar-refractivity contribution is 0.0694. The van der Waals surface area contributed by atoms with Gasteiger partial charge in [-0.1, -0.05) is 60.7 Å². The number of aryl methyl sites for hydroxylation is 1. The molecule has 1 saturated carbocycles. The number of aromatic nitrogens is 1. The number of hydrogen-bond donors (Lipinski definition) is 2. The van der Waals surface area contributed by atoms with Crippen molar-refractivity contribution in [1.82, 2.24) is 4.40 Å². The molecule has 41 heavy (non-hydrogen) atoms. The summed E-state index contributed by atoms with van der Waals surface area (Å²) in [6.07, 6.45) is 2.55. The maximum absolute atomic E-state index is 17.1. The Morgan fingerprint density at radius 3 is 2.10 bits per heavy atom. The molecule has 2 aromatic carbocycles. The number of benzene rings is 2. The third-order valence-electron chi connectivity index (χ3n) is 8.08. The van der Waals surface area contributed by atoms with Crippen LogP contribution >= 0.6 is 12.4 Å². The van der Waals surface area contributed by atoms with E-state index in [1.54, 1.807) is 0 Å². The molecule has 1 atom stereocenters. The van der Waals surface area contributed by atoms with Gasteiger partial charge in [-0.15, -0.1) is 12.4 Å². The van der Waals surface area contributed by atoms with Crippen LogP contribution in [0.5, 0.6) is 0 Å². The molecular weight excluding hydrogens is 543 g/mol. The third-order valence-corrected chi connectivity index (χ3v) is 8.08. The molecule has 0 radical (unpaired) electrons. The minimum atomic E-state index is -1.31. The first kappa shape index (κ1) is 28.6. The molecule has 214 valence electrons. The van der Waals surface area contributed by atoms with Crippen LogP contribution in [0.2, 0.25) is 0 Å². The minimum absolute atomic E-state index is 0. The van der Waals surface area contributed by atoms with E-state index in [-0.39, 0.29) is 35.7 Å². The van der Waals surface area contributed by atoms with E-state index < -0.39 is 17.3 Å². The van der Waals surface area contributed by atoms with Crippen molar-refractivity contribution < 1.29 is 14.3 Å². The summed E-state index contributed by atoms with van der Waals surface area (Å²) >= 11 is 0. The molecule has 2 aromatic heterocycles. The fourth-order valence-electron chi connectivity index (χ4n) is 6.02. The number of pyridine rings is 2. The van der Waals surface area contributed by atoms with Crippen molar-refractivity contribution >= 4 is 35.4 Å². The molecule has 1 unspecified atom stereocenters. The van der Waals surface area contributed by atoms with Crippen LogP contribution in [-0.4, -0.2) is 34.6 Å². The van der Waals surface area contributed by atoms with E-state index in [1.807, 2.05) is 77.4 Å². The van der Waals surface area contributed by atoms with Crippen LogP contribution in [0.1, 0.15) is 57.8 Å². The van der Waals surface area contributed by atoms with Gasteiger partial charge in [0.2, 0.25) is 0 Å². The zero-order valence-electron chi connectivity index (χ0n) is 22.9. The lowest BCUT2D eigenvalue weighted by Gasteiger charge is -2.32. The summed E-state index contributed by atoms with van der Waals surface area (Å²) in [6.45, 7) is 3.62. The molecule has 6 rings (SSSR count). The third kappa shape index (κ3) is 5.42. The van der Waals surface area contributed by atoms with Gasteiger partial charge in [-0.05, 0) is 54.9 Å². The number of fused-ring (bicyclic) bond motifs is 1. The molecule has 7 nitrogen and oxygen atoms in total. The van der Waals surface area contributed by atoms with Crippen molar-refractivity contribution in [2.24, 2.45) is 5.73 Å². The standard InChI is InChI=1S/C32H33FN4O3.ClH/c1-20-28-25(23-12-13-23)16-26(32(39)40)31(38)37(28)30(27(33)29(20)35-15-14-24(34)19-35)36(17-21-8-4-2-5-9-21)18-22-10-6-3-7-11-22;/h2-11,16,23-24H,12-15,17-19,34H2,1H3,(H,39,40);1H. The Morgan fingerprint density at radius 1 is 1.02 bits per heavy atom. The van der Waals surface area contributed by atoms with Crippen molar-refractivity contribution in [3.8, 4) is 0 Å². The average molecular weight is 577 g/mol. The van der Waals surface area contributed by atoms with Crippen molar-refractivity contribution in [1.29, 1.82) is 0 Å². The van der Waals surface area contributed by atoms with E-state index in [4.69, 9.17) is 5.73 Å². The van der Waals surface area contributed by atoms with E-state index in [1.165, 1.54) is 10.5 Å². The summed E-state index contributed by atoms with van der Waals surface area (Å²) in [6, 6.07) is 20.9. The van der Waals surface area contributed by atoms with Crippen LogP contribution in [0, 0.1) is 12.7 Å². The van der Waals surface area contributed by atoms with Crippen LogP contribution in [0.25, 0.3) is 5.52 Å². The Labute approximate surface area is 244 Å². The Kier molecular flexibility index (Phi) is 8.07. The fraction of sp³-hybridized carbons (Fsp3) is 0.312. The average Bonchev–Trinajstić information content (AvgIpc) is 3.70. The zero-order chi connectivity index (χ0) is 28.0. The Hall–Kier alpha value is -3.88. The van der Waals surface area contributed by atoms with Gasteiger partial charge < -0.3 is 20.6 Å². The van der Waals surface area contributed by atoms with Crippen LogP contribution in [-0.2, 0) is 13.1 Å². The van der Waals surface area contributed by atoms with E-state index >= 15 is 4.39 Å². The molecule has 3 N–H and O–H groups in total. The second-order valence-electron chi connectivity index (χ2n) is 11.0. The maximum Gasteiger partial charge on any atom is 0.341 e. The van der Waals surface area contributed by atoms with Gasteiger partial charge in [-0.3, -0.25) is 9.20 Å². The van der Waals surface area contributed by atoms with Gasteiger partial charge in [0.05, 0.1) is 11.2 Å². The normalized spacial score (nSPS) is 16.6. The first-order valence-corrected chi connectivity index (χ1v) is 13.8. The maximum atomic E-state index is 17.1. The first-order valence-electron chi connectivity index (χ1n) is 13.8. The van der Waals surface area contributed by atoms with Gasteiger partial charge in [0.1, 0.15) is 5.56 Å². The van der Waals surface area contributed by atoms with Crippen LogP contribution in [0.4, 0.5) is 15.9 Å². The smallest absolute Gasteiger partial charge is 0.341 e. The predicted octanol–water partition coefficient (Wildman–Crippen LogP) is 5.49. The number of halogens is 2. The summed E-state index contributed by atoms with van der Waals surface area (Å²) in [5, 5.41) is 10.0. The highest BCUT2D eigenvalue weighted by Gasteiger charge is 2.35. The van der Waals surface area contributed by atoms with Gasteiger partial charge in [0.15, 0.2) is 11.6 Å². The largest absolute Gasteiger partial charge is 0.477 e. The second-order valence-corrected chi connectivity index (χ2v) is 11.0. The highest BCUT2D eigenvalue weighted by atomic mass is 35.5. The monoisotopic (exact) mass is 576 g/mol. The molecule has 0 amide bonds. The number of anilines is 2.